The molecule has 220 valence electrons. The predicted molar refractivity (Wildman–Crippen MR) is 163 cm³/mol. The van der Waals surface area contributed by atoms with Gasteiger partial charge in [-0.05, 0) is 62.7 Å². The van der Waals surface area contributed by atoms with Crippen molar-refractivity contribution in [3.63, 3.8) is 0 Å². The summed E-state index contributed by atoms with van der Waals surface area (Å²) in [5.41, 5.74) is 0.491. The lowest BCUT2D eigenvalue weighted by atomic mass is 10.1. The fourth-order valence-corrected chi connectivity index (χ4v) is 6.37. The lowest BCUT2D eigenvalue weighted by Crippen LogP contribution is -2.53. The zero-order valence-corrected chi connectivity index (χ0v) is 26.2. The van der Waals surface area contributed by atoms with Gasteiger partial charge in [0.1, 0.15) is 18.3 Å². The van der Waals surface area contributed by atoms with Gasteiger partial charge in [0.2, 0.25) is 11.8 Å². The largest absolute Gasteiger partial charge is 0.495 e. The fourth-order valence-electron chi connectivity index (χ4n) is 4.24. The number of methoxy groups -OCH3 is 1. The summed E-state index contributed by atoms with van der Waals surface area (Å²) in [6.45, 7) is 4.58. The Balaban J connectivity index is 2.16. The first-order valence-electron chi connectivity index (χ1n) is 12.8. The summed E-state index contributed by atoms with van der Waals surface area (Å²) in [6, 6.07) is 16.0. The number of halogens is 3. The first kappa shape index (κ1) is 32.5. The molecule has 0 saturated carbocycles. The van der Waals surface area contributed by atoms with E-state index in [1.165, 1.54) is 36.3 Å². The maximum atomic E-state index is 14.2. The van der Waals surface area contributed by atoms with Crippen molar-refractivity contribution in [3.8, 4) is 5.75 Å². The first-order chi connectivity index (χ1) is 19.4. The second-order valence-corrected chi connectivity index (χ2v) is 12.6. The second-order valence-electron chi connectivity index (χ2n) is 9.45. The summed E-state index contributed by atoms with van der Waals surface area (Å²) in [6.07, 6.45) is 0.248. The highest BCUT2D eigenvalue weighted by Crippen LogP contribution is 2.35. The van der Waals surface area contributed by atoms with Crippen molar-refractivity contribution in [1.82, 2.24) is 10.2 Å². The van der Waals surface area contributed by atoms with Crippen LogP contribution in [-0.4, -0.2) is 50.9 Å². The molecule has 0 heterocycles. The Morgan fingerprint density at radius 3 is 2.15 bits per heavy atom. The maximum absolute atomic E-state index is 14.2. The number of rotatable bonds is 12. The van der Waals surface area contributed by atoms with Crippen LogP contribution in [-0.2, 0) is 26.2 Å². The number of benzene rings is 3. The van der Waals surface area contributed by atoms with E-state index in [1.807, 2.05) is 0 Å². The Labute approximate surface area is 256 Å². The van der Waals surface area contributed by atoms with Gasteiger partial charge in [0.25, 0.3) is 10.0 Å². The van der Waals surface area contributed by atoms with Crippen molar-refractivity contribution in [2.45, 2.75) is 50.7 Å². The van der Waals surface area contributed by atoms with E-state index in [0.717, 1.165) is 4.31 Å². The van der Waals surface area contributed by atoms with Crippen LogP contribution in [0.3, 0.4) is 0 Å². The van der Waals surface area contributed by atoms with Crippen LogP contribution >= 0.6 is 34.8 Å². The molecule has 0 bridgehead atoms. The van der Waals surface area contributed by atoms with Gasteiger partial charge in [0.05, 0.1) is 17.7 Å². The Bertz CT molecular complexity index is 1470. The molecule has 1 unspecified atom stereocenters. The van der Waals surface area contributed by atoms with Crippen LogP contribution < -0.4 is 14.4 Å². The third-order valence-corrected chi connectivity index (χ3v) is 8.94. The van der Waals surface area contributed by atoms with Gasteiger partial charge < -0.3 is 15.0 Å². The molecule has 0 aliphatic heterocycles. The van der Waals surface area contributed by atoms with Crippen LogP contribution in [0.4, 0.5) is 5.69 Å². The van der Waals surface area contributed by atoms with Crippen molar-refractivity contribution in [1.29, 1.82) is 0 Å². The maximum Gasteiger partial charge on any atom is 0.264 e. The molecule has 3 aromatic rings. The Hall–Kier alpha value is -2.98. The molecule has 3 aromatic carbocycles. The molecule has 0 aliphatic rings. The van der Waals surface area contributed by atoms with Crippen LogP contribution in [0.25, 0.3) is 0 Å². The number of nitrogens with one attached hydrogen (secondary N) is 1. The number of hydrogen-bond donors (Lipinski definition) is 1. The SMILES string of the molecule is CCC(C(=O)NC(C)C)N(Cc1c(Cl)cccc1Cl)C(=O)CN(c1cc(Cl)ccc1OC)S(=O)(=O)c1ccccc1. The minimum absolute atomic E-state index is 0.0416. The Morgan fingerprint density at radius 1 is 0.951 bits per heavy atom. The number of carbonyl (C=O) groups excluding carboxylic acids is 2. The number of anilines is 1. The van der Waals surface area contributed by atoms with Gasteiger partial charge in [-0.3, -0.25) is 13.9 Å². The Morgan fingerprint density at radius 2 is 1.59 bits per heavy atom. The normalized spacial score (nSPS) is 12.1. The van der Waals surface area contributed by atoms with Gasteiger partial charge in [-0.2, -0.15) is 0 Å². The van der Waals surface area contributed by atoms with E-state index in [0.29, 0.717) is 15.6 Å². The Kier molecular flexibility index (Phi) is 11.3. The fraction of sp³-hybridized carbons (Fsp3) is 0.310. The molecule has 0 radical (unpaired) electrons. The van der Waals surface area contributed by atoms with E-state index in [1.54, 1.807) is 63.2 Å². The highest BCUT2D eigenvalue weighted by atomic mass is 35.5. The monoisotopic (exact) mass is 639 g/mol. The molecular weight excluding hydrogens is 609 g/mol. The van der Waals surface area contributed by atoms with Crippen LogP contribution in [0, 0.1) is 0 Å². The third kappa shape index (κ3) is 7.86. The van der Waals surface area contributed by atoms with E-state index >= 15 is 0 Å². The molecule has 0 aliphatic carbocycles. The standard InChI is InChI=1S/C29H32Cl3N3O5S/c1-5-25(29(37)33-19(2)3)34(17-22-23(31)12-9-13-24(22)32)28(36)18-35(26-16-20(30)14-15-27(26)40-4)41(38,39)21-10-7-6-8-11-21/h6-16,19,25H,5,17-18H2,1-4H3,(H,33,37). The third-order valence-electron chi connectivity index (χ3n) is 6.23. The van der Waals surface area contributed by atoms with Crippen LogP contribution in [0.15, 0.2) is 71.6 Å². The van der Waals surface area contributed by atoms with Crippen LogP contribution in [0.2, 0.25) is 15.1 Å². The van der Waals surface area contributed by atoms with Crippen molar-refractivity contribution in [2.24, 2.45) is 0 Å². The van der Waals surface area contributed by atoms with Crippen LogP contribution in [0.5, 0.6) is 5.75 Å². The summed E-state index contributed by atoms with van der Waals surface area (Å²) in [5, 5.41) is 3.69. The van der Waals surface area contributed by atoms with Gasteiger partial charge in [-0.25, -0.2) is 8.42 Å². The number of amides is 2. The zero-order chi connectivity index (χ0) is 30.3. The van der Waals surface area contributed by atoms with E-state index in [-0.39, 0.29) is 40.4 Å². The minimum atomic E-state index is -4.30. The molecule has 2 amide bonds. The topological polar surface area (TPSA) is 96.0 Å². The first-order valence-corrected chi connectivity index (χ1v) is 15.4. The van der Waals surface area contributed by atoms with Crippen LogP contribution in [0.1, 0.15) is 32.8 Å². The number of sulfonamides is 1. The molecule has 0 fully saturated rings. The van der Waals surface area contributed by atoms with E-state index < -0.39 is 34.4 Å². The summed E-state index contributed by atoms with van der Waals surface area (Å²) in [4.78, 5) is 28.7. The number of ether oxygens (including phenoxy) is 1. The lowest BCUT2D eigenvalue weighted by Gasteiger charge is -2.34. The van der Waals surface area contributed by atoms with Gasteiger partial charge in [0, 0.05) is 33.2 Å². The van der Waals surface area contributed by atoms with E-state index in [2.05, 4.69) is 5.32 Å². The highest BCUT2D eigenvalue weighted by Gasteiger charge is 2.35. The number of carbonyl (C=O) groups is 2. The molecule has 1 N–H and O–H groups in total. The number of nitrogens with zero attached hydrogens (tertiary/aromatic N) is 2. The van der Waals surface area contributed by atoms with Gasteiger partial charge in [0.15, 0.2) is 0 Å². The molecule has 0 aromatic heterocycles. The summed E-state index contributed by atoms with van der Waals surface area (Å²) in [5.74, 6) is -0.864. The van der Waals surface area contributed by atoms with Gasteiger partial charge in [-0.15, -0.1) is 0 Å². The molecule has 1 atom stereocenters. The average molecular weight is 641 g/mol. The van der Waals surface area contributed by atoms with Gasteiger partial charge in [-0.1, -0.05) is 66.0 Å². The smallest absolute Gasteiger partial charge is 0.264 e. The highest BCUT2D eigenvalue weighted by molar-refractivity contribution is 7.92. The van der Waals surface area contributed by atoms with E-state index in [4.69, 9.17) is 39.5 Å². The molecule has 8 nitrogen and oxygen atoms in total. The molecule has 41 heavy (non-hydrogen) atoms. The van der Waals surface area contributed by atoms with Crippen molar-refractivity contribution >= 4 is 62.3 Å². The van der Waals surface area contributed by atoms with E-state index in [9.17, 15) is 18.0 Å². The van der Waals surface area contributed by atoms with Gasteiger partial charge >= 0.3 is 0 Å². The zero-order valence-electron chi connectivity index (χ0n) is 23.1. The van der Waals surface area contributed by atoms with Crippen molar-refractivity contribution in [2.75, 3.05) is 18.0 Å². The predicted octanol–water partition coefficient (Wildman–Crippen LogP) is 6.18. The summed E-state index contributed by atoms with van der Waals surface area (Å²) >= 11 is 19.1. The average Bonchev–Trinajstić information content (AvgIpc) is 2.93. The van der Waals surface area contributed by atoms with Crippen molar-refractivity contribution in [3.05, 3.63) is 87.4 Å². The molecule has 3 rings (SSSR count). The molecule has 12 heteroatoms. The summed E-state index contributed by atoms with van der Waals surface area (Å²) in [7, 11) is -2.91. The minimum Gasteiger partial charge on any atom is -0.495 e. The molecular formula is C29H32Cl3N3O5S. The van der Waals surface area contributed by atoms with Crippen molar-refractivity contribution < 1.29 is 22.7 Å². The number of hydrogen-bond acceptors (Lipinski definition) is 5. The quantitative estimate of drug-likeness (QED) is 0.255. The molecule has 0 saturated heterocycles. The lowest BCUT2D eigenvalue weighted by molar-refractivity contribution is -0.140. The second kappa shape index (κ2) is 14.3. The summed E-state index contributed by atoms with van der Waals surface area (Å²) < 4.78 is 34.4. The molecule has 0 spiro atoms.